The third kappa shape index (κ3) is 3.37. The molecule has 1 N–H and O–H groups in total. The molecule has 2 heterocycles. The lowest BCUT2D eigenvalue weighted by Crippen LogP contribution is -2.41. The lowest BCUT2D eigenvalue weighted by Gasteiger charge is -2.32. The van der Waals surface area contributed by atoms with Crippen LogP contribution in [-0.2, 0) is 0 Å². The number of halogens is 1. The zero-order chi connectivity index (χ0) is 17.9. The number of aromatic nitrogens is 3. The largest absolute Gasteiger partial charge is 0.490 e. The Kier molecular flexibility index (Phi) is 4.51. The van der Waals surface area contributed by atoms with Gasteiger partial charge in [-0.25, -0.2) is 4.39 Å². The molecule has 0 spiro atoms. The Morgan fingerprint density at radius 3 is 2.96 bits per heavy atom. The van der Waals surface area contributed by atoms with Crippen LogP contribution in [0, 0.1) is 11.7 Å². The molecule has 1 amide bonds. The van der Waals surface area contributed by atoms with E-state index in [0.717, 1.165) is 18.4 Å². The molecule has 0 radical (unpaired) electrons. The molecule has 7 heteroatoms. The topological polar surface area (TPSA) is 71.1 Å². The number of benzene rings is 2. The Hall–Kier alpha value is -2.96. The number of carbonyl (C=O) groups excluding carboxylic acids is 1. The molecule has 6 nitrogen and oxygen atoms in total. The second kappa shape index (κ2) is 7.11. The van der Waals surface area contributed by atoms with Crippen molar-refractivity contribution in [1.29, 1.82) is 0 Å². The molecular formula is C19H19FN4O2. The summed E-state index contributed by atoms with van der Waals surface area (Å²) in [6, 6.07) is 11.7. The minimum absolute atomic E-state index is 0.0227. The van der Waals surface area contributed by atoms with Gasteiger partial charge in [-0.15, -0.1) is 0 Å². The Bertz CT molecular complexity index is 927. The van der Waals surface area contributed by atoms with Crippen LogP contribution < -0.4 is 4.74 Å². The van der Waals surface area contributed by atoms with Crippen LogP contribution in [0.25, 0.3) is 11.0 Å². The molecule has 1 fully saturated rings. The number of para-hydroxylation sites is 1. The van der Waals surface area contributed by atoms with E-state index >= 15 is 0 Å². The van der Waals surface area contributed by atoms with Crippen LogP contribution in [0.1, 0.15) is 23.2 Å². The number of rotatable bonds is 4. The fraction of sp³-hybridized carbons (Fsp3) is 0.316. The third-order valence-corrected chi connectivity index (χ3v) is 4.68. The van der Waals surface area contributed by atoms with E-state index in [4.69, 9.17) is 4.74 Å². The second-order valence-electron chi connectivity index (χ2n) is 6.53. The van der Waals surface area contributed by atoms with Crippen molar-refractivity contribution in [2.24, 2.45) is 5.92 Å². The van der Waals surface area contributed by atoms with Crippen LogP contribution in [0.3, 0.4) is 0 Å². The minimum atomic E-state index is -0.364. The number of ether oxygens (including phenoxy) is 1. The average molecular weight is 354 g/mol. The van der Waals surface area contributed by atoms with Crippen LogP contribution in [0.5, 0.6) is 5.75 Å². The molecule has 134 valence electrons. The Labute approximate surface area is 150 Å². The van der Waals surface area contributed by atoms with Gasteiger partial charge in [-0.1, -0.05) is 12.1 Å². The van der Waals surface area contributed by atoms with Crippen LogP contribution in [0.2, 0.25) is 0 Å². The fourth-order valence-corrected chi connectivity index (χ4v) is 3.31. The number of nitrogens with one attached hydrogen (secondary N) is 1. The second-order valence-corrected chi connectivity index (χ2v) is 6.53. The molecule has 1 aliphatic rings. The van der Waals surface area contributed by atoms with Crippen LogP contribution >= 0.6 is 0 Å². The number of likely N-dealkylation sites (tertiary alicyclic amines) is 1. The highest BCUT2D eigenvalue weighted by Crippen LogP contribution is 2.22. The van der Waals surface area contributed by atoms with Crippen LogP contribution in [0.15, 0.2) is 42.5 Å². The van der Waals surface area contributed by atoms with Gasteiger partial charge in [0.1, 0.15) is 11.0 Å². The monoisotopic (exact) mass is 354 g/mol. The van der Waals surface area contributed by atoms with Crippen molar-refractivity contribution in [3.63, 3.8) is 0 Å². The summed E-state index contributed by atoms with van der Waals surface area (Å²) in [6.45, 7) is 1.71. The smallest absolute Gasteiger partial charge is 0.253 e. The number of piperidine rings is 1. The van der Waals surface area contributed by atoms with E-state index in [2.05, 4.69) is 15.4 Å². The summed E-state index contributed by atoms with van der Waals surface area (Å²) in [4.78, 5) is 14.6. The average Bonchev–Trinajstić information content (AvgIpc) is 3.15. The first-order valence-corrected chi connectivity index (χ1v) is 8.68. The molecule has 1 saturated heterocycles. The molecule has 2 aromatic carbocycles. The number of H-pyrrole nitrogens is 1. The number of hydrogen-bond donors (Lipinski definition) is 1. The number of aromatic amines is 1. The van der Waals surface area contributed by atoms with E-state index in [9.17, 15) is 9.18 Å². The first kappa shape index (κ1) is 16.5. The molecule has 3 aromatic rings. The maximum atomic E-state index is 13.7. The summed E-state index contributed by atoms with van der Waals surface area (Å²) in [5.41, 5.74) is 2.01. The predicted octanol–water partition coefficient (Wildman–Crippen LogP) is 3.03. The van der Waals surface area contributed by atoms with Gasteiger partial charge < -0.3 is 9.64 Å². The van der Waals surface area contributed by atoms with E-state index in [1.165, 1.54) is 6.07 Å². The molecule has 4 rings (SSSR count). The SMILES string of the molecule is O=C(c1ccc2n[nH]nc2c1)N1CCCC(COc2ccccc2F)C1. The molecule has 0 aliphatic carbocycles. The first-order valence-electron chi connectivity index (χ1n) is 8.68. The molecule has 1 unspecified atom stereocenters. The third-order valence-electron chi connectivity index (χ3n) is 4.68. The molecule has 0 bridgehead atoms. The van der Waals surface area contributed by atoms with Crippen molar-refractivity contribution in [2.45, 2.75) is 12.8 Å². The Morgan fingerprint density at radius 1 is 1.23 bits per heavy atom. The normalized spacial score (nSPS) is 17.4. The van der Waals surface area contributed by atoms with E-state index in [1.807, 2.05) is 4.90 Å². The zero-order valence-electron chi connectivity index (χ0n) is 14.2. The minimum Gasteiger partial charge on any atom is -0.490 e. The van der Waals surface area contributed by atoms with Gasteiger partial charge in [-0.2, -0.15) is 15.4 Å². The van der Waals surface area contributed by atoms with E-state index in [1.54, 1.807) is 36.4 Å². The summed E-state index contributed by atoms with van der Waals surface area (Å²) in [5.74, 6) is 0.0539. The highest BCUT2D eigenvalue weighted by Gasteiger charge is 2.25. The molecule has 1 aliphatic heterocycles. The predicted molar refractivity (Wildman–Crippen MR) is 94.4 cm³/mol. The maximum absolute atomic E-state index is 13.7. The van der Waals surface area contributed by atoms with Gasteiger partial charge in [0.25, 0.3) is 5.91 Å². The van der Waals surface area contributed by atoms with Gasteiger partial charge in [-0.3, -0.25) is 4.79 Å². The maximum Gasteiger partial charge on any atom is 0.253 e. The number of carbonyl (C=O) groups is 1. The van der Waals surface area contributed by atoms with Gasteiger partial charge >= 0.3 is 0 Å². The highest BCUT2D eigenvalue weighted by atomic mass is 19.1. The van der Waals surface area contributed by atoms with Crippen molar-refractivity contribution in [2.75, 3.05) is 19.7 Å². The van der Waals surface area contributed by atoms with E-state index in [-0.39, 0.29) is 23.4 Å². The van der Waals surface area contributed by atoms with Gasteiger partial charge in [0.05, 0.1) is 6.61 Å². The van der Waals surface area contributed by atoms with Crippen LogP contribution in [-0.4, -0.2) is 45.9 Å². The summed E-state index contributed by atoms with van der Waals surface area (Å²) in [6.07, 6.45) is 1.86. The fourth-order valence-electron chi connectivity index (χ4n) is 3.31. The van der Waals surface area contributed by atoms with Crippen molar-refractivity contribution < 1.29 is 13.9 Å². The van der Waals surface area contributed by atoms with E-state index < -0.39 is 0 Å². The van der Waals surface area contributed by atoms with Crippen molar-refractivity contribution >= 4 is 16.9 Å². The zero-order valence-corrected chi connectivity index (χ0v) is 14.2. The molecule has 0 saturated carbocycles. The summed E-state index contributed by atoms with van der Waals surface area (Å²) in [7, 11) is 0. The standard InChI is InChI=1S/C19H19FN4O2/c20-15-5-1-2-6-18(15)26-12-13-4-3-9-24(11-13)19(25)14-7-8-16-17(10-14)22-23-21-16/h1-2,5-8,10,13H,3-4,9,11-12H2,(H,21,22,23). The van der Waals surface area contributed by atoms with Crippen molar-refractivity contribution in [3.8, 4) is 5.75 Å². The van der Waals surface area contributed by atoms with Crippen LogP contribution in [0.4, 0.5) is 4.39 Å². The van der Waals surface area contributed by atoms with Crippen molar-refractivity contribution in [3.05, 3.63) is 53.8 Å². The van der Waals surface area contributed by atoms with Crippen molar-refractivity contribution in [1.82, 2.24) is 20.3 Å². The highest BCUT2D eigenvalue weighted by molar-refractivity contribution is 5.97. The number of hydrogen-bond acceptors (Lipinski definition) is 4. The number of amides is 1. The number of nitrogens with zero attached hydrogens (tertiary/aromatic N) is 3. The lowest BCUT2D eigenvalue weighted by atomic mass is 9.98. The van der Waals surface area contributed by atoms with Gasteiger partial charge in [0, 0.05) is 24.6 Å². The molecule has 26 heavy (non-hydrogen) atoms. The van der Waals surface area contributed by atoms with Gasteiger partial charge in [0.2, 0.25) is 0 Å². The molecule has 1 aromatic heterocycles. The summed E-state index contributed by atoms with van der Waals surface area (Å²) < 4.78 is 19.3. The molecule has 1 atom stereocenters. The van der Waals surface area contributed by atoms with E-state index in [0.29, 0.717) is 30.8 Å². The number of fused-ring (bicyclic) bond motifs is 1. The lowest BCUT2D eigenvalue weighted by molar-refractivity contribution is 0.0631. The molecular weight excluding hydrogens is 335 g/mol. The van der Waals surface area contributed by atoms with Gasteiger partial charge in [-0.05, 0) is 43.2 Å². The summed E-state index contributed by atoms with van der Waals surface area (Å²) >= 11 is 0. The first-order chi connectivity index (χ1) is 12.7. The Morgan fingerprint density at radius 2 is 2.08 bits per heavy atom. The van der Waals surface area contributed by atoms with Gasteiger partial charge in [0.15, 0.2) is 11.6 Å². The Balaban J connectivity index is 1.41. The quantitative estimate of drug-likeness (QED) is 0.782. The summed E-state index contributed by atoms with van der Waals surface area (Å²) in [5, 5.41) is 10.6.